The summed E-state index contributed by atoms with van der Waals surface area (Å²) in [7, 11) is 0. The quantitative estimate of drug-likeness (QED) is 0.487. The van der Waals surface area contributed by atoms with E-state index in [1.165, 1.54) is 23.9 Å². The van der Waals surface area contributed by atoms with Crippen molar-refractivity contribution in [2.24, 2.45) is 0 Å². The Morgan fingerprint density at radius 2 is 2.17 bits per heavy atom. The van der Waals surface area contributed by atoms with Gasteiger partial charge in [-0.1, -0.05) is 0 Å². The summed E-state index contributed by atoms with van der Waals surface area (Å²) in [4.78, 5) is 24.4. The van der Waals surface area contributed by atoms with Crippen LogP contribution < -0.4 is 11.1 Å². The van der Waals surface area contributed by atoms with Crippen molar-refractivity contribution >= 4 is 29.4 Å². The highest BCUT2D eigenvalue weighted by Crippen LogP contribution is 2.22. The van der Waals surface area contributed by atoms with Crippen molar-refractivity contribution < 1.29 is 14.0 Å². The lowest BCUT2D eigenvalue weighted by atomic mass is 10.3. The van der Waals surface area contributed by atoms with Gasteiger partial charge in [0.1, 0.15) is 5.82 Å². The first kappa shape index (κ1) is 12.7. The Balaban J connectivity index is 1.88. The average molecular weight is 269 g/mol. The largest absolute Gasteiger partial charge is 0.399 e. The molecule has 3 amide bonds. The van der Waals surface area contributed by atoms with Crippen molar-refractivity contribution in [3.8, 4) is 0 Å². The van der Waals surface area contributed by atoms with Gasteiger partial charge < -0.3 is 11.1 Å². The zero-order valence-electron chi connectivity index (χ0n) is 9.48. The van der Waals surface area contributed by atoms with Crippen LogP contribution in [0.2, 0.25) is 0 Å². The maximum atomic E-state index is 13.1. The fourth-order valence-electron chi connectivity index (χ4n) is 1.60. The molecule has 1 aromatic carbocycles. The minimum atomic E-state index is -0.396. The molecule has 1 aromatic rings. The van der Waals surface area contributed by atoms with Gasteiger partial charge in [0.25, 0.3) is 0 Å². The van der Waals surface area contributed by atoms with Crippen molar-refractivity contribution in [3.05, 3.63) is 24.0 Å². The molecule has 0 unspecified atom stereocenters. The van der Waals surface area contributed by atoms with Gasteiger partial charge >= 0.3 is 6.03 Å². The number of thioether (sulfide) groups is 1. The Bertz CT molecular complexity index is 459. The van der Waals surface area contributed by atoms with Crippen molar-refractivity contribution in [1.82, 2.24) is 10.2 Å². The van der Waals surface area contributed by atoms with E-state index in [4.69, 9.17) is 5.73 Å². The van der Waals surface area contributed by atoms with Gasteiger partial charge in [0.05, 0.1) is 6.54 Å². The van der Waals surface area contributed by atoms with Gasteiger partial charge in [-0.15, -0.1) is 11.8 Å². The molecule has 0 spiro atoms. The Hall–Kier alpha value is -1.76. The molecule has 2 rings (SSSR count). The molecule has 1 saturated heterocycles. The van der Waals surface area contributed by atoms with Crippen molar-refractivity contribution in [2.75, 3.05) is 24.6 Å². The van der Waals surface area contributed by atoms with E-state index in [-0.39, 0.29) is 18.5 Å². The van der Waals surface area contributed by atoms with E-state index in [0.29, 0.717) is 22.9 Å². The minimum absolute atomic E-state index is 0.0520. The number of nitrogens with two attached hydrogens (primary N) is 1. The molecule has 0 bridgehead atoms. The second-order valence-corrected chi connectivity index (χ2v) is 4.94. The number of imide groups is 1. The van der Waals surface area contributed by atoms with Crippen LogP contribution in [-0.4, -0.2) is 35.7 Å². The molecule has 0 atom stereocenters. The number of halogens is 1. The van der Waals surface area contributed by atoms with E-state index in [2.05, 4.69) is 5.32 Å². The maximum Gasteiger partial charge on any atom is 0.324 e. The zero-order valence-corrected chi connectivity index (χ0v) is 10.3. The smallest absolute Gasteiger partial charge is 0.324 e. The number of benzene rings is 1. The van der Waals surface area contributed by atoms with Gasteiger partial charge in [0.15, 0.2) is 0 Å². The molecular weight excluding hydrogens is 257 g/mol. The fourth-order valence-corrected chi connectivity index (χ4v) is 2.53. The lowest BCUT2D eigenvalue weighted by Gasteiger charge is -2.11. The zero-order chi connectivity index (χ0) is 13.1. The molecular formula is C11H12FN3O2S. The molecule has 7 heteroatoms. The second kappa shape index (κ2) is 5.26. The van der Waals surface area contributed by atoms with Gasteiger partial charge in [-0.25, -0.2) is 9.18 Å². The number of urea groups is 1. The van der Waals surface area contributed by atoms with Crippen molar-refractivity contribution in [1.29, 1.82) is 0 Å². The number of amides is 3. The Morgan fingerprint density at radius 1 is 1.39 bits per heavy atom. The topological polar surface area (TPSA) is 75.4 Å². The molecule has 3 N–H and O–H groups in total. The summed E-state index contributed by atoms with van der Waals surface area (Å²) >= 11 is 1.35. The van der Waals surface area contributed by atoms with Crippen molar-refractivity contribution in [2.45, 2.75) is 4.90 Å². The number of nitrogen functional groups attached to an aromatic ring is 1. The molecule has 1 heterocycles. The minimum Gasteiger partial charge on any atom is -0.399 e. The van der Waals surface area contributed by atoms with E-state index in [1.54, 1.807) is 6.07 Å². The molecule has 96 valence electrons. The number of anilines is 1. The first-order valence-electron chi connectivity index (χ1n) is 5.33. The SMILES string of the molecule is Nc1cc(F)cc(SCCN2C(=O)CNC2=O)c1. The highest BCUT2D eigenvalue weighted by atomic mass is 32.2. The summed E-state index contributed by atoms with van der Waals surface area (Å²) in [6.45, 7) is 0.349. The lowest BCUT2D eigenvalue weighted by Crippen LogP contribution is -2.32. The van der Waals surface area contributed by atoms with Gasteiger partial charge in [-0.3, -0.25) is 9.69 Å². The van der Waals surface area contributed by atoms with Gasteiger partial charge in [0, 0.05) is 22.9 Å². The third kappa shape index (κ3) is 2.92. The molecule has 1 fully saturated rings. The number of hydrogen-bond acceptors (Lipinski definition) is 4. The molecule has 18 heavy (non-hydrogen) atoms. The average Bonchev–Trinajstić information content (AvgIpc) is 2.59. The number of hydrogen-bond donors (Lipinski definition) is 2. The lowest BCUT2D eigenvalue weighted by molar-refractivity contribution is -0.124. The Kier molecular flexibility index (Phi) is 3.71. The molecule has 1 aliphatic rings. The van der Waals surface area contributed by atoms with Crippen LogP contribution in [0.25, 0.3) is 0 Å². The summed E-state index contributed by atoms with van der Waals surface area (Å²) in [6.07, 6.45) is 0. The normalized spacial score (nSPS) is 15.1. The summed E-state index contributed by atoms with van der Waals surface area (Å²) in [6, 6.07) is 3.88. The second-order valence-electron chi connectivity index (χ2n) is 3.77. The van der Waals surface area contributed by atoms with E-state index in [9.17, 15) is 14.0 Å². The Morgan fingerprint density at radius 3 is 2.78 bits per heavy atom. The summed E-state index contributed by atoms with van der Waals surface area (Å²) < 4.78 is 13.1. The standard InChI is InChI=1S/C11H12FN3O2S/c12-7-3-8(13)5-9(4-7)18-2-1-15-10(16)6-14-11(15)17/h3-5H,1-2,6,13H2,(H,14,17). The first-order chi connectivity index (χ1) is 8.56. The van der Waals surface area contributed by atoms with Gasteiger partial charge in [0.2, 0.25) is 5.91 Å². The molecule has 5 nitrogen and oxygen atoms in total. The van der Waals surface area contributed by atoms with Crippen LogP contribution in [-0.2, 0) is 4.79 Å². The predicted octanol–water partition coefficient (Wildman–Crippen LogP) is 1.05. The molecule has 0 saturated carbocycles. The first-order valence-corrected chi connectivity index (χ1v) is 6.32. The van der Waals surface area contributed by atoms with E-state index >= 15 is 0 Å². The highest BCUT2D eigenvalue weighted by Gasteiger charge is 2.27. The van der Waals surface area contributed by atoms with Gasteiger partial charge in [-0.05, 0) is 18.2 Å². The number of rotatable bonds is 4. The molecule has 1 aliphatic heterocycles. The van der Waals surface area contributed by atoms with Crippen LogP contribution in [0.4, 0.5) is 14.9 Å². The van der Waals surface area contributed by atoms with Crippen LogP contribution in [0.5, 0.6) is 0 Å². The highest BCUT2D eigenvalue weighted by molar-refractivity contribution is 7.99. The van der Waals surface area contributed by atoms with Crippen LogP contribution in [0.15, 0.2) is 23.1 Å². The molecule has 0 radical (unpaired) electrons. The van der Waals surface area contributed by atoms with Gasteiger partial charge in [-0.2, -0.15) is 0 Å². The fraction of sp³-hybridized carbons (Fsp3) is 0.273. The predicted molar refractivity (Wildman–Crippen MR) is 66.6 cm³/mol. The molecule has 0 aromatic heterocycles. The van der Waals surface area contributed by atoms with E-state index in [1.807, 2.05) is 0 Å². The summed E-state index contributed by atoms with van der Waals surface area (Å²) in [5.41, 5.74) is 5.87. The van der Waals surface area contributed by atoms with E-state index in [0.717, 1.165) is 4.90 Å². The number of nitrogens with one attached hydrogen (secondary N) is 1. The number of carbonyl (C=O) groups excluding carboxylic acids is 2. The van der Waals surface area contributed by atoms with Crippen LogP contribution in [0, 0.1) is 5.82 Å². The van der Waals surface area contributed by atoms with Crippen LogP contribution >= 0.6 is 11.8 Å². The summed E-state index contributed by atoms with van der Waals surface area (Å²) in [5.74, 6) is -0.131. The number of nitrogens with zero attached hydrogens (tertiary/aromatic N) is 1. The monoisotopic (exact) mass is 269 g/mol. The third-order valence-corrected chi connectivity index (χ3v) is 3.37. The van der Waals surface area contributed by atoms with E-state index < -0.39 is 5.82 Å². The maximum absolute atomic E-state index is 13.1. The Labute approximate surface area is 108 Å². The van der Waals surface area contributed by atoms with Crippen LogP contribution in [0.1, 0.15) is 0 Å². The molecule has 0 aliphatic carbocycles. The third-order valence-electron chi connectivity index (χ3n) is 2.41. The van der Waals surface area contributed by atoms with Crippen molar-refractivity contribution in [3.63, 3.8) is 0 Å². The summed E-state index contributed by atoms with van der Waals surface area (Å²) in [5, 5.41) is 2.43. The van der Waals surface area contributed by atoms with Crippen LogP contribution in [0.3, 0.4) is 0 Å². The number of carbonyl (C=O) groups is 2.